The van der Waals surface area contributed by atoms with E-state index in [1.165, 1.54) is 19.1 Å². The third kappa shape index (κ3) is 4.24. The standard InChI is InChI=1S/C21H21F3O4/c1-11(20(25)26)4-12-5-16(23)19(17(24)6-12)27-10-13-7-14(22)8-18-15(13)9-21(2,3)28-18/h5-8,11H,4,9-10H2,1-3H3,(H,25,26). The van der Waals surface area contributed by atoms with Gasteiger partial charge in [0, 0.05) is 18.1 Å². The Kier molecular flexibility index (Phi) is 5.28. The summed E-state index contributed by atoms with van der Waals surface area (Å²) in [5.74, 6) is -4.39. The monoisotopic (exact) mass is 394 g/mol. The highest BCUT2D eigenvalue weighted by Crippen LogP contribution is 2.38. The number of rotatable bonds is 6. The van der Waals surface area contributed by atoms with Gasteiger partial charge in [-0.15, -0.1) is 0 Å². The van der Waals surface area contributed by atoms with E-state index in [9.17, 15) is 18.0 Å². The predicted molar refractivity (Wildman–Crippen MR) is 96.0 cm³/mol. The molecule has 0 saturated heterocycles. The van der Waals surface area contributed by atoms with Crippen molar-refractivity contribution in [2.24, 2.45) is 5.92 Å². The van der Waals surface area contributed by atoms with Crippen molar-refractivity contribution in [1.29, 1.82) is 0 Å². The number of hydrogen-bond donors (Lipinski definition) is 1. The molecule has 150 valence electrons. The summed E-state index contributed by atoms with van der Waals surface area (Å²) >= 11 is 0. The predicted octanol–water partition coefficient (Wildman–Crippen LogP) is 4.66. The van der Waals surface area contributed by atoms with E-state index in [2.05, 4.69) is 0 Å². The van der Waals surface area contributed by atoms with E-state index in [4.69, 9.17) is 14.6 Å². The van der Waals surface area contributed by atoms with Crippen molar-refractivity contribution in [1.82, 2.24) is 0 Å². The van der Waals surface area contributed by atoms with Crippen LogP contribution < -0.4 is 9.47 Å². The van der Waals surface area contributed by atoms with E-state index in [1.807, 2.05) is 13.8 Å². The lowest BCUT2D eigenvalue weighted by molar-refractivity contribution is -0.141. The van der Waals surface area contributed by atoms with Crippen LogP contribution in [0.3, 0.4) is 0 Å². The van der Waals surface area contributed by atoms with Gasteiger partial charge in [0.25, 0.3) is 0 Å². The number of benzene rings is 2. The van der Waals surface area contributed by atoms with E-state index >= 15 is 0 Å². The lowest BCUT2D eigenvalue weighted by Crippen LogP contribution is -2.24. The summed E-state index contributed by atoms with van der Waals surface area (Å²) in [7, 11) is 0. The molecule has 1 aliphatic rings. The van der Waals surface area contributed by atoms with Gasteiger partial charge in [0.2, 0.25) is 0 Å². The van der Waals surface area contributed by atoms with Crippen molar-refractivity contribution < 1.29 is 32.5 Å². The zero-order valence-electron chi connectivity index (χ0n) is 15.8. The van der Waals surface area contributed by atoms with Gasteiger partial charge in [0.1, 0.15) is 23.8 Å². The molecule has 0 aliphatic carbocycles. The van der Waals surface area contributed by atoms with Gasteiger partial charge in [-0.2, -0.15) is 0 Å². The minimum atomic E-state index is -1.05. The van der Waals surface area contributed by atoms with Gasteiger partial charge in [-0.05, 0) is 49.6 Å². The molecule has 7 heteroatoms. The van der Waals surface area contributed by atoms with Crippen LogP contribution in [0.25, 0.3) is 0 Å². The Morgan fingerprint density at radius 1 is 1.21 bits per heavy atom. The molecule has 1 atom stereocenters. The largest absolute Gasteiger partial charge is 0.487 e. The van der Waals surface area contributed by atoms with Crippen molar-refractivity contribution in [2.45, 2.75) is 45.8 Å². The Morgan fingerprint density at radius 2 is 1.86 bits per heavy atom. The van der Waals surface area contributed by atoms with Crippen molar-refractivity contribution in [3.8, 4) is 11.5 Å². The topological polar surface area (TPSA) is 55.8 Å². The number of hydrogen-bond acceptors (Lipinski definition) is 3. The zero-order chi connectivity index (χ0) is 20.6. The molecular weight excluding hydrogens is 373 g/mol. The van der Waals surface area contributed by atoms with Crippen molar-refractivity contribution in [3.05, 3.63) is 58.4 Å². The summed E-state index contributed by atoms with van der Waals surface area (Å²) < 4.78 is 53.5. The van der Waals surface area contributed by atoms with Crippen LogP contribution in [0.15, 0.2) is 24.3 Å². The molecular formula is C21H21F3O4. The number of carboxylic acids is 1. The third-order valence-electron chi connectivity index (χ3n) is 4.65. The Labute approximate surface area is 160 Å². The maximum absolute atomic E-state index is 14.3. The fourth-order valence-electron chi connectivity index (χ4n) is 3.30. The second kappa shape index (κ2) is 7.37. The van der Waals surface area contributed by atoms with Crippen LogP contribution in [0.4, 0.5) is 13.2 Å². The van der Waals surface area contributed by atoms with E-state index in [1.54, 1.807) is 0 Å². The van der Waals surface area contributed by atoms with E-state index < -0.39 is 40.7 Å². The summed E-state index contributed by atoms with van der Waals surface area (Å²) in [6.07, 6.45) is 0.519. The molecule has 0 amide bonds. The SMILES string of the molecule is CC(Cc1cc(F)c(OCc2cc(F)cc3c2CC(C)(C)O3)c(F)c1)C(=O)O. The Morgan fingerprint density at radius 3 is 2.46 bits per heavy atom. The molecule has 1 unspecified atom stereocenters. The highest BCUT2D eigenvalue weighted by molar-refractivity contribution is 5.69. The molecule has 3 rings (SSSR count). The fraction of sp³-hybridized carbons (Fsp3) is 0.381. The van der Waals surface area contributed by atoms with Crippen LogP contribution in [0, 0.1) is 23.4 Å². The molecule has 2 aromatic rings. The van der Waals surface area contributed by atoms with Gasteiger partial charge >= 0.3 is 5.97 Å². The highest BCUT2D eigenvalue weighted by Gasteiger charge is 2.32. The molecule has 0 spiro atoms. The molecule has 4 nitrogen and oxygen atoms in total. The van der Waals surface area contributed by atoms with E-state index in [-0.39, 0.29) is 18.6 Å². The second-order valence-electron chi connectivity index (χ2n) is 7.70. The van der Waals surface area contributed by atoms with Crippen LogP contribution in [0.5, 0.6) is 11.5 Å². The first-order valence-corrected chi connectivity index (χ1v) is 8.89. The summed E-state index contributed by atoms with van der Waals surface area (Å²) in [5, 5.41) is 8.93. The number of carboxylic acid groups (broad SMARTS) is 1. The lowest BCUT2D eigenvalue weighted by atomic mass is 9.97. The molecule has 28 heavy (non-hydrogen) atoms. The number of aliphatic carboxylic acids is 1. The normalized spacial score (nSPS) is 15.6. The first-order chi connectivity index (χ1) is 13.1. The Hall–Kier alpha value is -2.70. The van der Waals surface area contributed by atoms with Crippen molar-refractivity contribution >= 4 is 5.97 Å². The average molecular weight is 394 g/mol. The van der Waals surface area contributed by atoms with Gasteiger partial charge in [-0.25, -0.2) is 13.2 Å². The van der Waals surface area contributed by atoms with Crippen molar-refractivity contribution in [3.63, 3.8) is 0 Å². The summed E-state index contributed by atoms with van der Waals surface area (Å²) in [6, 6.07) is 4.66. The first-order valence-electron chi connectivity index (χ1n) is 8.89. The smallest absolute Gasteiger partial charge is 0.306 e. The fourth-order valence-corrected chi connectivity index (χ4v) is 3.30. The minimum absolute atomic E-state index is 0.00667. The van der Waals surface area contributed by atoms with Crippen LogP contribution in [-0.4, -0.2) is 16.7 Å². The van der Waals surface area contributed by atoms with Crippen LogP contribution in [0.2, 0.25) is 0 Å². The summed E-state index contributed by atoms with van der Waals surface area (Å²) in [6.45, 7) is 4.96. The van der Waals surface area contributed by atoms with Crippen LogP contribution in [-0.2, 0) is 24.2 Å². The number of carbonyl (C=O) groups is 1. The lowest BCUT2D eigenvalue weighted by Gasteiger charge is -2.16. The Balaban J connectivity index is 1.80. The molecule has 0 aromatic heterocycles. The molecule has 2 aromatic carbocycles. The summed E-state index contributed by atoms with van der Waals surface area (Å²) in [4.78, 5) is 10.9. The van der Waals surface area contributed by atoms with Gasteiger partial charge in [-0.1, -0.05) is 6.92 Å². The van der Waals surface area contributed by atoms with Gasteiger partial charge in [-0.3, -0.25) is 4.79 Å². The van der Waals surface area contributed by atoms with Crippen molar-refractivity contribution in [2.75, 3.05) is 0 Å². The summed E-state index contributed by atoms with van der Waals surface area (Å²) in [5.41, 5.74) is 0.935. The van der Waals surface area contributed by atoms with Gasteiger partial charge < -0.3 is 14.6 Å². The molecule has 1 N–H and O–H groups in total. The van der Waals surface area contributed by atoms with Crippen LogP contribution >= 0.6 is 0 Å². The molecule has 0 saturated carbocycles. The van der Waals surface area contributed by atoms with Gasteiger partial charge in [0.15, 0.2) is 17.4 Å². The number of fused-ring (bicyclic) bond motifs is 1. The number of ether oxygens (including phenoxy) is 2. The van der Waals surface area contributed by atoms with E-state index in [0.29, 0.717) is 17.7 Å². The average Bonchev–Trinajstić information content (AvgIpc) is 2.87. The quantitative estimate of drug-likeness (QED) is 0.774. The minimum Gasteiger partial charge on any atom is -0.487 e. The maximum atomic E-state index is 14.3. The second-order valence-corrected chi connectivity index (χ2v) is 7.70. The third-order valence-corrected chi connectivity index (χ3v) is 4.65. The molecule has 1 heterocycles. The van der Waals surface area contributed by atoms with Crippen LogP contribution in [0.1, 0.15) is 37.5 Å². The maximum Gasteiger partial charge on any atom is 0.306 e. The van der Waals surface area contributed by atoms with Gasteiger partial charge in [0.05, 0.1) is 5.92 Å². The first kappa shape index (κ1) is 20.0. The molecule has 1 aliphatic heterocycles. The Bertz CT molecular complexity index is 901. The molecule has 0 bridgehead atoms. The molecule has 0 radical (unpaired) electrons. The highest BCUT2D eigenvalue weighted by atomic mass is 19.1. The van der Waals surface area contributed by atoms with E-state index in [0.717, 1.165) is 17.7 Å². The number of halogens is 3. The molecule has 0 fully saturated rings. The zero-order valence-corrected chi connectivity index (χ0v) is 15.8.